The van der Waals surface area contributed by atoms with Gasteiger partial charge in [0.05, 0.1) is 12.7 Å². The number of aryl methyl sites for hydroxylation is 1. The first-order valence-corrected chi connectivity index (χ1v) is 5.30. The molecule has 0 unspecified atom stereocenters. The zero-order valence-corrected chi connectivity index (χ0v) is 9.89. The van der Waals surface area contributed by atoms with Crippen molar-refractivity contribution < 1.29 is 14.2 Å². The highest BCUT2D eigenvalue weighted by molar-refractivity contribution is 5.69. The van der Waals surface area contributed by atoms with Crippen LogP contribution >= 0.6 is 0 Å². The molecule has 0 fully saturated rings. The largest absolute Gasteiger partial charge is 0.496 e. The molecule has 1 aromatic heterocycles. The van der Waals surface area contributed by atoms with Gasteiger partial charge in [0, 0.05) is 13.1 Å². The zero-order valence-electron chi connectivity index (χ0n) is 9.89. The SMILES string of the molecule is COc1cc2c(cc1-c1nn(C)c(=O)[nH]1)OCO2. The van der Waals surface area contributed by atoms with E-state index in [2.05, 4.69) is 10.1 Å². The summed E-state index contributed by atoms with van der Waals surface area (Å²) in [6, 6.07) is 3.45. The van der Waals surface area contributed by atoms with E-state index in [1.54, 1.807) is 26.3 Å². The first-order valence-electron chi connectivity index (χ1n) is 5.30. The summed E-state index contributed by atoms with van der Waals surface area (Å²) in [4.78, 5) is 14.0. The lowest BCUT2D eigenvalue weighted by molar-refractivity contribution is 0.174. The van der Waals surface area contributed by atoms with Gasteiger partial charge in [-0.25, -0.2) is 9.48 Å². The van der Waals surface area contributed by atoms with Crippen molar-refractivity contribution in [1.29, 1.82) is 0 Å². The Kier molecular flexibility index (Phi) is 2.26. The van der Waals surface area contributed by atoms with Gasteiger partial charge >= 0.3 is 5.69 Å². The summed E-state index contributed by atoms with van der Waals surface area (Å²) in [5.41, 5.74) is 0.365. The van der Waals surface area contributed by atoms with Crippen LogP contribution in [-0.4, -0.2) is 28.7 Å². The molecule has 0 aliphatic carbocycles. The fourth-order valence-corrected chi connectivity index (χ4v) is 1.80. The lowest BCUT2D eigenvalue weighted by Gasteiger charge is -2.07. The highest BCUT2D eigenvalue weighted by Gasteiger charge is 2.20. The van der Waals surface area contributed by atoms with Crippen molar-refractivity contribution in [1.82, 2.24) is 14.8 Å². The molecular formula is C11H11N3O4. The molecule has 3 rings (SSSR count). The molecule has 0 radical (unpaired) electrons. The normalized spacial score (nSPS) is 12.8. The molecule has 94 valence electrons. The van der Waals surface area contributed by atoms with E-state index in [9.17, 15) is 4.79 Å². The van der Waals surface area contributed by atoms with Crippen LogP contribution in [0.15, 0.2) is 16.9 Å². The predicted molar refractivity (Wildman–Crippen MR) is 61.9 cm³/mol. The second kappa shape index (κ2) is 3.80. The average molecular weight is 249 g/mol. The molecule has 1 aliphatic heterocycles. The van der Waals surface area contributed by atoms with Crippen LogP contribution in [-0.2, 0) is 7.05 Å². The van der Waals surface area contributed by atoms with Crippen LogP contribution < -0.4 is 19.9 Å². The van der Waals surface area contributed by atoms with Gasteiger partial charge in [0.1, 0.15) is 5.75 Å². The van der Waals surface area contributed by atoms with E-state index >= 15 is 0 Å². The smallest absolute Gasteiger partial charge is 0.343 e. The first kappa shape index (κ1) is 10.7. The number of H-pyrrole nitrogens is 1. The third kappa shape index (κ3) is 1.52. The summed E-state index contributed by atoms with van der Waals surface area (Å²) in [7, 11) is 3.11. The summed E-state index contributed by atoms with van der Waals surface area (Å²) < 4.78 is 17.0. The Morgan fingerprint density at radius 2 is 2.11 bits per heavy atom. The van der Waals surface area contributed by atoms with E-state index in [4.69, 9.17) is 14.2 Å². The Hall–Kier alpha value is -2.44. The summed E-state index contributed by atoms with van der Waals surface area (Å²) in [6.07, 6.45) is 0. The molecule has 7 heteroatoms. The van der Waals surface area contributed by atoms with E-state index in [-0.39, 0.29) is 12.5 Å². The molecule has 1 N–H and O–H groups in total. The summed E-state index contributed by atoms with van der Waals surface area (Å²) in [5.74, 6) is 2.22. The molecule has 1 aliphatic rings. The molecule has 0 atom stereocenters. The fraction of sp³-hybridized carbons (Fsp3) is 0.273. The minimum Gasteiger partial charge on any atom is -0.496 e. The molecule has 0 spiro atoms. The Balaban J connectivity index is 2.19. The zero-order chi connectivity index (χ0) is 12.7. The van der Waals surface area contributed by atoms with Crippen LogP contribution in [0, 0.1) is 0 Å². The third-order valence-corrected chi connectivity index (χ3v) is 2.72. The maximum Gasteiger partial charge on any atom is 0.343 e. The van der Waals surface area contributed by atoms with E-state index in [0.29, 0.717) is 28.6 Å². The fourth-order valence-electron chi connectivity index (χ4n) is 1.80. The topological polar surface area (TPSA) is 78.4 Å². The van der Waals surface area contributed by atoms with Gasteiger partial charge in [0.2, 0.25) is 6.79 Å². The van der Waals surface area contributed by atoms with Crippen molar-refractivity contribution >= 4 is 0 Å². The number of benzene rings is 1. The van der Waals surface area contributed by atoms with Crippen molar-refractivity contribution in [2.75, 3.05) is 13.9 Å². The Labute approximate surface area is 102 Å². The molecule has 1 aromatic carbocycles. The second-order valence-corrected chi connectivity index (χ2v) is 3.81. The lowest BCUT2D eigenvalue weighted by atomic mass is 10.1. The average Bonchev–Trinajstić information content (AvgIpc) is 2.94. The maximum absolute atomic E-state index is 11.4. The van der Waals surface area contributed by atoms with Gasteiger partial charge < -0.3 is 14.2 Å². The van der Waals surface area contributed by atoms with Crippen LogP contribution in [0.1, 0.15) is 0 Å². The monoisotopic (exact) mass is 249 g/mol. The van der Waals surface area contributed by atoms with E-state index in [0.717, 1.165) is 0 Å². The van der Waals surface area contributed by atoms with Crippen LogP contribution in [0.5, 0.6) is 17.2 Å². The van der Waals surface area contributed by atoms with E-state index < -0.39 is 0 Å². The summed E-state index contributed by atoms with van der Waals surface area (Å²) >= 11 is 0. The second-order valence-electron chi connectivity index (χ2n) is 3.81. The van der Waals surface area contributed by atoms with Gasteiger partial charge in [-0.05, 0) is 6.07 Å². The number of hydrogen-bond acceptors (Lipinski definition) is 5. The summed E-state index contributed by atoms with van der Waals surface area (Å²) in [5, 5.41) is 4.09. The molecular weight excluding hydrogens is 238 g/mol. The number of aromatic amines is 1. The Morgan fingerprint density at radius 3 is 2.72 bits per heavy atom. The Morgan fingerprint density at radius 1 is 1.39 bits per heavy atom. The van der Waals surface area contributed by atoms with Gasteiger partial charge in [-0.2, -0.15) is 0 Å². The number of nitrogens with zero attached hydrogens (tertiary/aromatic N) is 2. The number of nitrogens with one attached hydrogen (secondary N) is 1. The number of methoxy groups -OCH3 is 1. The highest BCUT2D eigenvalue weighted by atomic mass is 16.7. The number of ether oxygens (including phenoxy) is 3. The van der Waals surface area contributed by atoms with E-state index in [1.165, 1.54) is 4.68 Å². The maximum atomic E-state index is 11.4. The standard InChI is InChI=1S/C11H11N3O4/c1-14-11(15)12-10(13-14)6-3-8-9(18-5-17-8)4-7(6)16-2/h3-4H,5H2,1-2H3,(H,12,13,15). The molecule has 2 heterocycles. The predicted octanol–water partition coefficient (Wildman–Crippen LogP) is 0.513. The van der Waals surface area contributed by atoms with E-state index in [1.807, 2.05) is 0 Å². The van der Waals surface area contributed by atoms with Crippen LogP contribution in [0.25, 0.3) is 11.4 Å². The van der Waals surface area contributed by atoms with Gasteiger partial charge in [0.15, 0.2) is 17.3 Å². The molecule has 0 amide bonds. The van der Waals surface area contributed by atoms with Gasteiger partial charge in [0.25, 0.3) is 0 Å². The van der Waals surface area contributed by atoms with Gasteiger partial charge in [-0.15, -0.1) is 5.10 Å². The van der Waals surface area contributed by atoms with Crippen LogP contribution in [0.2, 0.25) is 0 Å². The quantitative estimate of drug-likeness (QED) is 0.839. The Bertz CT molecular complexity index is 659. The molecule has 0 saturated heterocycles. The molecule has 2 aromatic rings. The number of fused-ring (bicyclic) bond motifs is 1. The van der Waals surface area contributed by atoms with Crippen molar-refractivity contribution in [2.45, 2.75) is 0 Å². The molecule has 0 saturated carbocycles. The van der Waals surface area contributed by atoms with Crippen LogP contribution in [0.4, 0.5) is 0 Å². The van der Waals surface area contributed by atoms with Crippen LogP contribution in [0.3, 0.4) is 0 Å². The van der Waals surface area contributed by atoms with Crippen molar-refractivity contribution in [3.05, 3.63) is 22.6 Å². The minimum absolute atomic E-state index is 0.181. The molecule has 0 bridgehead atoms. The van der Waals surface area contributed by atoms with Crippen molar-refractivity contribution in [2.24, 2.45) is 7.05 Å². The van der Waals surface area contributed by atoms with Crippen molar-refractivity contribution in [3.8, 4) is 28.6 Å². The van der Waals surface area contributed by atoms with Crippen molar-refractivity contribution in [3.63, 3.8) is 0 Å². The number of rotatable bonds is 2. The lowest BCUT2D eigenvalue weighted by Crippen LogP contribution is -2.13. The summed E-state index contributed by atoms with van der Waals surface area (Å²) in [6.45, 7) is 0.181. The highest BCUT2D eigenvalue weighted by Crippen LogP contribution is 2.41. The molecule has 7 nitrogen and oxygen atoms in total. The van der Waals surface area contributed by atoms with Gasteiger partial charge in [-0.1, -0.05) is 0 Å². The minimum atomic E-state index is -0.287. The third-order valence-electron chi connectivity index (χ3n) is 2.72. The number of hydrogen-bond donors (Lipinski definition) is 1. The molecule has 18 heavy (non-hydrogen) atoms. The van der Waals surface area contributed by atoms with Gasteiger partial charge in [-0.3, -0.25) is 4.98 Å². The number of aromatic nitrogens is 3. The first-order chi connectivity index (χ1) is 8.69.